The van der Waals surface area contributed by atoms with E-state index in [1.807, 2.05) is 26.2 Å². The zero-order valence-electron chi connectivity index (χ0n) is 17.1. The summed E-state index contributed by atoms with van der Waals surface area (Å²) in [5, 5.41) is 6.00. The SMILES string of the molecule is CCN(c1scc(C(=O)NCc2c(C)[nH]c(C)cc2=O)c1C)C1CCOCC1. The van der Waals surface area contributed by atoms with Gasteiger partial charge in [0, 0.05) is 60.7 Å². The molecule has 0 radical (unpaired) electrons. The summed E-state index contributed by atoms with van der Waals surface area (Å²) in [6.45, 7) is 10.6. The summed E-state index contributed by atoms with van der Waals surface area (Å²) in [7, 11) is 0. The maximum absolute atomic E-state index is 12.8. The number of ether oxygens (including phenoxy) is 1. The lowest BCUT2D eigenvalue weighted by Crippen LogP contribution is -2.39. The van der Waals surface area contributed by atoms with Gasteiger partial charge in [0.25, 0.3) is 5.91 Å². The summed E-state index contributed by atoms with van der Waals surface area (Å²) < 4.78 is 5.49. The summed E-state index contributed by atoms with van der Waals surface area (Å²) in [4.78, 5) is 30.5. The number of aromatic nitrogens is 1. The first-order valence-electron chi connectivity index (χ1n) is 9.82. The number of aryl methyl sites for hydroxylation is 2. The zero-order valence-corrected chi connectivity index (χ0v) is 17.9. The van der Waals surface area contributed by atoms with Crippen LogP contribution in [0.1, 0.15) is 52.6 Å². The van der Waals surface area contributed by atoms with Crippen LogP contribution < -0.4 is 15.6 Å². The van der Waals surface area contributed by atoms with Gasteiger partial charge in [0.1, 0.15) is 0 Å². The molecule has 0 aliphatic carbocycles. The number of pyridine rings is 1. The molecule has 0 bridgehead atoms. The highest BCUT2D eigenvalue weighted by atomic mass is 32.1. The molecule has 3 heterocycles. The van der Waals surface area contributed by atoms with E-state index in [0.717, 1.165) is 54.6 Å². The number of rotatable bonds is 6. The summed E-state index contributed by atoms with van der Waals surface area (Å²) in [6, 6.07) is 2.02. The van der Waals surface area contributed by atoms with Crippen molar-refractivity contribution in [3.05, 3.63) is 49.7 Å². The fraction of sp³-hybridized carbons (Fsp3) is 0.524. The van der Waals surface area contributed by atoms with Crippen molar-refractivity contribution in [1.29, 1.82) is 0 Å². The van der Waals surface area contributed by atoms with Gasteiger partial charge >= 0.3 is 0 Å². The van der Waals surface area contributed by atoms with Gasteiger partial charge in [0.05, 0.1) is 10.6 Å². The van der Waals surface area contributed by atoms with Gasteiger partial charge in [0.2, 0.25) is 0 Å². The first kappa shape index (κ1) is 20.6. The van der Waals surface area contributed by atoms with Crippen molar-refractivity contribution in [2.24, 2.45) is 0 Å². The van der Waals surface area contributed by atoms with Crippen LogP contribution in [0.15, 0.2) is 16.2 Å². The Labute approximate surface area is 169 Å². The Bertz CT molecular complexity index is 897. The second kappa shape index (κ2) is 8.92. The van der Waals surface area contributed by atoms with E-state index in [4.69, 9.17) is 4.74 Å². The second-order valence-electron chi connectivity index (χ2n) is 7.31. The van der Waals surface area contributed by atoms with Crippen LogP contribution in [0, 0.1) is 20.8 Å². The first-order valence-corrected chi connectivity index (χ1v) is 10.7. The summed E-state index contributed by atoms with van der Waals surface area (Å²) in [5.74, 6) is -0.137. The van der Waals surface area contributed by atoms with Gasteiger partial charge in [-0.1, -0.05) is 0 Å². The fourth-order valence-electron chi connectivity index (χ4n) is 3.84. The van der Waals surface area contributed by atoms with Crippen molar-refractivity contribution >= 4 is 22.2 Å². The monoisotopic (exact) mass is 403 g/mol. The Morgan fingerprint density at radius 2 is 2.04 bits per heavy atom. The summed E-state index contributed by atoms with van der Waals surface area (Å²) in [6.07, 6.45) is 2.03. The van der Waals surface area contributed by atoms with Crippen molar-refractivity contribution in [3.63, 3.8) is 0 Å². The number of carbonyl (C=O) groups is 1. The van der Waals surface area contributed by atoms with Gasteiger partial charge in [-0.3, -0.25) is 9.59 Å². The van der Waals surface area contributed by atoms with Crippen molar-refractivity contribution in [2.45, 2.75) is 53.1 Å². The van der Waals surface area contributed by atoms with Gasteiger partial charge in [-0.15, -0.1) is 11.3 Å². The van der Waals surface area contributed by atoms with E-state index >= 15 is 0 Å². The molecule has 2 aromatic rings. The molecule has 0 unspecified atom stereocenters. The number of thiophene rings is 1. The lowest BCUT2D eigenvalue weighted by molar-refractivity contribution is 0.0847. The Kier molecular flexibility index (Phi) is 6.57. The number of amides is 1. The van der Waals surface area contributed by atoms with E-state index in [1.165, 1.54) is 0 Å². The molecule has 0 aromatic carbocycles. The molecule has 1 fully saturated rings. The van der Waals surface area contributed by atoms with Gasteiger partial charge in [-0.2, -0.15) is 0 Å². The second-order valence-corrected chi connectivity index (χ2v) is 8.17. The van der Waals surface area contributed by atoms with Crippen molar-refractivity contribution in [2.75, 3.05) is 24.7 Å². The molecular weight excluding hydrogens is 374 g/mol. The van der Waals surface area contributed by atoms with E-state index in [2.05, 4.69) is 22.1 Å². The predicted octanol–water partition coefficient (Wildman–Crippen LogP) is 3.30. The maximum atomic E-state index is 12.8. The van der Waals surface area contributed by atoms with Gasteiger partial charge in [0.15, 0.2) is 5.43 Å². The minimum atomic E-state index is -0.137. The smallest absolute Gasteiger partial charge is 0.252 e. The number of hydrogen-bond donors (Lipinski definition) is 2. The van der Waals surface area contributed by atoms with Crippen LogP contribution in [0.3, 0.4) is 0 Å². The van der Waals surface area contributed by atoms with E-state index in [0.29, 0.717) is 17.2 Å². The number of anilines is 1. The van der Waals surface area contributed by atoms with Gasteiger partial charge < -0.3 is 19.9 Å². The van der Waals surface area contributed by atoms with Crippen LogP contribution in [-0.4, -0.2) is 36.7 Å². The molecule has 7 heteroatoms. The molecule has 0 saturated carbocycles. The molecule has 2 aromatic heterocycles. The van der Waals surface area contributed by atoms with E-state index < -0.39 is 0 Å². The van der Waals surface area contributed by atoms with E-state index in [9.17, 15) is 9.59 Å². The molecule has 0 atom stereocenters. The number of nitrogens with one attached hydrogen (secondary N) is 2. The van der Waals surface area contributed by atoms with Gasteiger partial charge in [-0.05, 0) is 46.1 Å². The molecule has 1 saturated heterocycles. The van der Waals surface area contributed by atoms with Crippen LogP contribution in [0.2, 0.25) is 0 Å². The minimum absolute atomic E-state index is 0.0477. The van der Waals surface area contributed by atoms with Crippen LogP contribution in [0.4, 0.5) is 5.00 Å². The topological polar surface area (TPSA) is 74.4 Å². The standard InChI is InChI=1S/C21H29N3O3S/c1-5-24(16-6-8-27-9-7-16)21-14(3)18(12-28-21)20(26)22-11-17-15(4)23-13(2)10-19(17)25/h10,12,16H,5-9,11H2,1-4H3,(H,22,26)(H,23,25). The molecule has 1 aliphatic heterocycles. The average Bonchev–Trinajstić information content (AvgIpc) is 3.04. The van der Waals surface area contributed by atoms with Crippen LogP contribution in [0.5, 0.6) is 0 Å². The molecule has 1 aliphatic rings. The average molecular weight is 404 g/mol. The van der Waals surface area contributed by atoms with Crippen molar-refractivity contribution in [1.82, 2.24) is 10.3 Å². The van der Waals surface area contributed by atoms with Crippen LogP contribution in [-0.2, 0) is 11.3 Å². The fourth-order valence-corrected chi connectivity index (χ4v) is 5.05. The molecule has 1 amide bonds. The molecule has 2 N–H and O–H groups in total. The van der Waals surface area contributed by atoms with Crippen LogP contribution >= 0.6 is 11.3 Å². The summed E-state index contributed by atoms with van der Waals surface area (Å²) >= 11 is 1.62. The quantitative estimate of drug-likeness (QED) is 0.776. The Morgan fingerprint density at radius 1 is 1.32 bits per heavy atom. The van der Waals surface area contributed by atoms with E-state index in [-0.39, 0.29) is 17.9 Å². The van der Waals surface area contributed by atoms with Gasteiger partial charge in [-0.25, -0.2) is 0 Å². The Morgan fingerprint density at radius 3 is 2.68 bits per heavy atom. The molecule has 0 spiro atoms. The predicted molar refractivity (Wildman–Crippen MR) is 114 cm³/mol. The number of H-pyrrole nitrogens is 1. The highest BCUT2D eigenvalue weighted by Gasteiger charge is 2.25. The highest BCUT2D eigenvalue weighted by Crippen LogP contribution is 2.34. The highest BCUT2D eigenvalue weighted by molar-refractivity contribution is 7.14. The third kappa shape index (κ3) is 4.31. The first-order chi connectivity index (χ1) is 13.4. The molecular formula is C21H29N3O3S. The lowest BCUT2D eigenvalue weighted by Gasteiger charge is -2.34. The number of hydrogen-bond acceptors (Lipinski definition) is 5. The third-order valence-electron chi connectivity index (χ3n) is 5.40. The van der Waals surface area contributed by atoms with Crippen molar-refractivity contribution in [3.8, 4) is 0 Å². The Balaban J connectivity index is 1.74. The zero-order chi connectivity index (χ0) is 20.3. The summed E-state index contributed by atoms with van der Waals surface area (Å²) in [5.41, 5.74) is 3.86. The Hall–Kier alpha value is -2.12. The largest absolute Gasteiger partial charge is 0.381 e. The number of aromatic amines is 1. The van der Waals surface area contributed by atoms with Crippen LogP contribution in [0.25, 0.3) is 0 Å². The number of nitrogens with zero attached hydrogens (tertiary/aromatic N) is 1. The normalized spacial score (nSPS) is 14.9. The molecule has 3 rings (SSSR count). The van der Waals surface area contributed by atoms with E-state index in [1.54, 1.807) is 17.4 Å². The maximum Gasteiger partial charge on any atom is 0.252 e. The minimum Gasteiger partial charge on any atom is -0.381 e. The molecule has 152 valence electrons. The third-order valence-corrected chi connectivity index (χ3v) is 6.52. The molecule has 28 heavy (non-hydrogen) atoms. The lowest BCUT2D eigenvalue weighted by atomic mass is 10.1. The van der Waals surface area contributed by atoms with Crippen molar-refractivity contribution < 1.29 is 9.53 Å². The number of carbonyl (C=O) groups excluding carboxylic acids is 1. The molecule has 6 nitrogen and oxygen atoms in total.